The molecular weight excluding hydrogens is 185 g/mol. The molecule has 3 N–H and O–H groups in total. The van der Waals surface area contributed by atoms with Gasteiger partial charge < -0.3 is 5.73 Å². The van der Waals surface area contributed by atoms with E-state index in [0.29, 0.717) is 10.6 Å². The molecule has 0 atom stereocenters. The van der Waals surface area contributed by atoms with Gasteiger partial charge in [0.05, 0.1) is 5.02 Å². The molecule has 0 fully saturated rings. The molecule has 0 aliphatic heterocycles. The second kappa shape index (κ2) is 3.07. The van der Waals surface area contributed by atoms with E-state index < -0.39 is 0 Å². The van der Waals surface area contributed by atoms with E-state index in [-0.39, 0.29) is 11.0 Å². The molecule has 1 rings (SSSR count). The molecule has 0 spiro atoms. The van der Waals surface area contributed by atoms with E-state index in [9.17, 15) is 0 Å². The third kappa shape index (κ3) is 1.82. The number of amidine groups is 1. The summed E-state index contributed by atoms with van der Waals surface area (Å²) >= 11 is 11.1. The van der Waals surface area contributed by atoms with Gasteiger partial charge in [-0.3, -0.25) is 5.41 Å². The zero-order chi connectivity index (χ0) is 8.43. The Hall–Kier alpha value is -0.800. The Kier molecular flexibility index (Phi) is 2.31. The van der Waals surface area contributed by atoms with Gasteiger partial charge in [-0.1, -0.05) is 23.2 Å². The lowest BCUT2D eigenvalue weighted by Crippen LogP contribution is -2.11. The molecule has 0 aliphatic rings. The molecule has 11 heavy (non-hydrogen) atoms. The number of nitrogens with one attached hydrogen (secondary N) is 1. The van der Waals surface area contributed by atoms with Crippen LogP contribution in [0.5, 0.6) is 0 Å². The van der Waals surface area contributed by atoms with Crippen molar-refractivity contribution in [1.82, 2.24) is 4.98 Å². The highest BCUT2D eigenvalue weighted by Crippen LogP contribution is 2.19. The van der Waals surface area contributed by atoms with Gasteiger partial charge in [-0.2, -0.15) is 0 Å². The SMILES string of the molecule is N=C(N)c1cnc(Cl)c(Cl)c1. The number of pyridine rings is 1. The van der Waals surface area contributed by atoms with Crippen LogP contribution in [0.4, 0.5) is 0 Å². The van der Waals surface area contributed by atoms with Crippen LogP contribution in [0, 0.1) is 5.41 Å². The average molecular weight is 190 g/mol. The fraction of sp³-hybridized carbons (Fsp3) is 0. The van der Waals surface area contributed by atoms with Gasteiger partial charge in [0.25, 0.3) is 0 Å². The highest BCUT2D eigenvalue weighted by molar-refractivity contribution is 6.41. The van der Waals surface area contributed by atoms with Crippen molar-refractivity contribution in [2.75, 3.05) is 0 Å². The number of aromatic nitrogens is 1. The highest BCUT2D eigenvalue weighted by Gasteiger charge is 2.01. The summed E-state index contributed by atoms with van der Waals surface area (Å²) in [6.07, 6.45) is 1.40. The third-order valence-corrected chi connectivity index (χ3v) is 1.79. The van der Waals surface area contributed by atoms with Gasteiger partial charge in [-0.15, -0.1) is 0 Å². The molecule has 3 nitrogen and oxygen atoms in total. The van der Waals surface area contributed by atoms with E-state index in [4.69, 9.17) is 34.3 Å². The predicted octanol–water partition coefficient (Wildman–Crippen LogP) is 1.67. The molecule has 1 heterocycles. The molecule has 1 aromatic rings. The molecule has 0 aliphatic carbocycles. The summed E-state index contributed by atoms with van der Waals surface area (Å²) < 4.78 is 0. The van der Waals surface area contributed by atoms with Crippen LogP contribution in [0.15, 0.2) is 12.3 Å². The molecule has 5 heteroatoms. The quantitative estimate of drug-likeness (QED) is 0.402. The Morgan fingerprint density at radius 2 is 2.18 bits per heavy atom. The van der Waals surface area contributed by atoms with E-state index in [2.05, 4.69) is 4.98 Å². The summed E-state index contributed by atoms with van der Waals surface area (Å²) in [5.74, 6) is -0.0731. The largest absolute Gasteiger partial charge is 0.384 e. The van der Waals surface area contributed by atoms with Crippen LogP contribution >= 0.6 is 23.2 Å². The van der Waals surface area contributed by atoms with E-state index in [1.54, 1.807) is 0 Å². The van der Waals surface area contributed by atoms with Gasteiger partial charge in [0.15, 0.2) is 0 Å². The lowest BCUT2D eigenvalue weighted by Gasteiger charge is -1.98. The van der Waals surface area contributed by atoms with Crippen LogP contribution in [0.2, 0.25) is 10.2 Å². The fourth-order valence-electron chi connectivity index (χ4n) is 0.569. The van der Waals surface area contributed by atoms with Crippen LogP contribution in [0.25, 0.3) is 0 Å². The van der Waals surface area contributed by atoms with Crippen molar-refractivity contribution in [2.45, 2.75) is 0 Å². The summed E-state index contributed by atoms with van der Waals surface area (Å²) in [6, 6.07) is 1.50. The Morgan fingerprint density at radius 3 is 2.64 bits per heavy atom. The van der Waals surface area contributed by atoms with Gasteiger partial charge in [0.1, 0.15) is 11.0 Å². The van der Waals surface area contributed by atoms with E-state index in [1.165, 1.54) is 12.3 Å². The second-order valence-electron chi connectivity index (χ2n) is 1.91. The standard InChI is InChI=1S/C6H5Cl2N3/c7-4-1-3(6(9)10)2-11-5(4)8/h1-2H,(H3,9,10). The van der Waals surface area contributed by atoms with Crippen molar-refractivity contribution < 1.29 is 0 Å². The second-order valence-corrected chi connectivity index (χ2v) is 2.68. The zero-order valence-corrected chi connectivity index (χ0v) is 6.95. The first kappa shape index (κ1) is 8.30. The first-order chi connectivity index (χ1) is 5.11. The minimum Gasteiger partial charge on any atom is -0.384 e. The van der Waals surface area contributed by atoms with Crippen molar-refractivity contribution in [3.8, 4) is 0 Å². The smallest absolute Gasteiger partial charge is 0.147 e. The van der Waals surface area contributed by atoms with Crippen LogP contribution in [-0.4, -0.2) is 10.8 Å². The Balaban J connectivity index is 3.15. The molecule has 58 valence electrons. The van der Waals surface area contributed by atoms with Crippen molar-refractivity contribution in [3.63, 3.8) is 0 Å². The molecule has 0 unspecified atom stereocenters. The number of nitrogens with two attached hydrogens (primary N) is 1. The maximum atomic E-state index is 7.04. The van der Waals surface area contributed by atoms with Crippen LogP contribution in [-0.2, 0) is 0 Å². The first-order valence-electron chi connectivity index (χ1n) is 2.76. The van der Waals surface area contributed by atoms with E-state index >= 15 is 0 Å². The maximum Gasteiger partial charge on any atom is 0.147 e. The maximum absolute atomic E-state index is 7.04. The number of hydrogen-bond donors (Lipinski definition) is 2. The molecule has 0 amide bonds. The van der Waals surface area contributed by atoms with Crippen molar-refractivity contribution in [2.24, 2.45) is 5.73 Å². The van der Waals surface area contributed by atoms with Crippen LogP contribution in [0.3, 0.4) is 0 Å². The molecule has 0 saturated heterocycles. The fourth-order valence-corrected chi connectivity index (χ4v) is 0.838. The molecule has 1 aromatic heterocycles. The monoisotopic (exact) mass is 189 g/mol. The predicted molar refractivity (Wildman–Crippen MR) is 45.3 cm³/mol. The number of halogens is 2. The summed E-state index contributed by atoms with van der Waals surface area (Å²) in [4.78, 5) is 3.71. The summed E-state index contributed by atoms with van der Waals surface area (Å²) in [5, 5.41) is 7.56. The Bertz CT molecular complexity index is 298. The number of nitrogens with zero attached hydrogens (tertiary/aromatic N) is 1. The van der Waals surface area contributed by atoms with E-state index in [0.717, 1.165) is 0 Å². The Labute approximate surface area is 73.6 Å². The molecule has 0 radical (unpaired) electrons. The highest BCUT2D eigenvalue weighted by atomic mass is 35.5. The van der Waals surface area contributed by atoms with Gasteiger partial charge in [0, 0.05) is 11.8 Å². The molecular formula is C6H5Cl2N3. The molecule has 0 aromatic carbocycles. The normalized spacial score (nSPS) is 9.64. The average Bonchev–Trinajstić information content (AvgIpc) is 1.94. The van der Waals surface area contributed by atoms with Crippen molar-refractivity contribution in [3.05, 3.63) is 28.0 Å². The summed E-state index contributed by atoms with van der Waals surface area (Å²) in [5.41, 5.74) is 5.65. The van der Waals surface area contributed by atoms with Crippen LogP contribution in [0.1, 0.15) is 5.56 Å². The summed E-state index contributed by atoms with van der Waals surface area (Å²) in [7, 11) is 0. The number of nitrogen functional groups attached to an aromatic ring is 1. The Morgan fingerprint density at radius 1 is 1.55 bits per heavy atom. The zero-order valence-electron chi connectivity index (χ0n) is 5.44. The topological polar surface area (TPSA) is 62.8 Å². The van der Waals surface area contributed by atoms with E-state index in [1.807, 2.05) is 0 Å². The summed E-state index contributed by atoms with van der Waals surface area (Å²) in [6.45, 7) is 0. The minimum absolute atomic E-state index is 0.0731. The minimum atomic E-state index is -0.0731. The van der Waals surface area contributed by atoms with Gasteiger partial charge in [-0.05, 0) is 6.07 Å². The van der Waals surface area contributed by atoms with Crippen molar-refractivity contribution in [1.29, 1.82) is 5.41 Å². The molecule has 0 saturated carbocycles. The molecule has 0 bridgehead atoms. The van der Waals surface area contributed by atoms with Gasteiger partial charge in [-0.25, -0.2) is 4.98 Å². The van der Waals surface area contributed by atoms with Gasteiger partial charge >= 0.3 is 0 Å². The first-order valence-corrected chi connectivity index (χ1v) is 3.52. The lowest BCUT2D eigenvalue weighted by atomic mass is 10.3. The van der Waals surface area contributed by atoms with Crippen molar-refractivity contribution >= 4 is 29.0 Å². The van der Waals surface area contributed by atoms with Crippen LogP contribution < -0.4 is 5.73 Å². The number of rotatable bonds is 1. The number of hydrogen-bond acceptors (Lipinski definition) is 2. The van der Waals surface area contributed by atoms with Gasteiger partial charge in [0.2, 0.25) is 0 Å². The lowest BCUT2D eigenvalue weighted by molar-refractivity contribution is 1.29. The third-order valence-electron chi connectivity index (χ3n) is 1.11.